The zero-order valence-electron chi connectivity index (χ0n) is 17.6. The van der Waals surface area contributed by atoms with Crippen LogP contribution in [-0.2, 0) is 13.0 Å². The Bertz CT molecular complexity index is 1210. The summed E-state index contributed by atoms with van der Waals surface area (Å²) in [5.41, 5.74) is 6.04. The SMILES string of the molecule is COc1cccc(-c2cccc(Cc3nccn4c(CNCCO)cnc34)c2C)c1F. The lowest BCUT2D eigenvalue weighted by Crippen LogP contribution is -2.18. The Balaban J connectivity index is 1.68. The number of hydrogen-bond donors (Lipinski definition) is 2. The van der Waals surface area contributed by atoms with Gasteiger partial charge in [0, 0.05) is 37.5 Å². The number of halogens is 1. The zero-order valence-corrected chi connectivity index (χ0v) is 17.6. The third-order valence-corrected chi connectivity index (χ3v) is 5.45. The molecule has 4 rings (SSSR count). The van der Waals surface area contributed by atoms with Crippen LogP contribution in [-0.4, -0.2) is 39.7 Å². The fraction of sp³-hybridized carbons (Fsp3) is 0.250. The molecule has 0 atom stereocenters. The lowest BCUT2D eigenvalue weighted by Gasteiger charge is -2.14. The summed E-state index contributed by atoms with van der Waals surface area (Å²) in [6.07, 6.45) is 6.05. The number of nitrogens with zero attached hydrogens (tertiary/aromatic N) is 3. The monoisotopic (exact) mass is 420 g/mol. The maximum absolute atomic E-state index is 14.9. The van der Waals surface area contributed by atoms with Crippen LogP contribution in [0.15, 0.2) is 55.0 Å². The molecule has 0 aliphatic rings. The van der Waals surface area contributed by atoms with E-state index in [0.717, 1.165) is 33.7 Å². The molecule has 31 heavy (non-hydrogen) atoms. The fourth-order valence-corrected chi connectivity index (χ4v) is 3.80. The molecule has 0 amide bonds. The quantitative estimate of drug-likeness (QED) is 0.427. The number of benzene rings is 2. The summed E-state index contributed by atoms with van der Waals surface area (Å²) in [7, 11) is 1.47. The lowest BCUT2D eigenvalue weighted by atomic mass is 9.94. The molecule has 7 heteroatoms. The van der Waals surface area contributed by atoms with Crippen molar-refractivity contribution in [1.29, 1.82) is 0 Å². The predicted molar refractivity (Wildman–Crippen MR) is 118 cm³/mol. The summed E-state index contributed by atoms with van der Waals surface area (Å²) < 4.78 is 22.0. The first-order chi connectivity index (χ1) is 15.1. The van der Waals surface area contributed by atoms with Crippen molar-refractivity contribution in [3.63, 3.8) is 0 Å². The van der Waals surface area contributed by atoms with Crippen molar-refractivity contribution in [3.8, 4) is 16.9 Å². The van der Waals surface area contributed by atoms with Gasteiger partial charge in [-0.15, -0.1) is 0 Å². The number of ether oxygens (including phenoxy) is 1. The Kier molecular flexibility index (Phi) is 6.25. The minimum Gasteiger partial charge on any atom is -0.494 e. The molecule has 160 valence electrons. The van der Waals surface area contributed by atoms with Crippen molar-refractivity contribution in [1.82, 2.24) is 19.7 Å². The van der Waals surface area contributed by atoms with Crippen LogP contribution in [0, 0.1) is 12.7 Å². The molecule has 2 N–H and O–H groups in total. The second kappa shape index (κ2) is 9.24. The number of imidazole rings is 1. The van der Waals surface area contributed by atoms with E-state index in [2.05, 4.69) is 15.3 Å². The van der Waals surface area contributed by atoms with Gasteiger partial charge in [-0.3, -0.25) is 9.38 Å². The molecule has 0 aliphatic heterocycles. The van der Waals surface area contributed by atoms with Crippen molar-refractivity contribution in [2.75, 3.05) is 20.3 Å². The van der Waals surface area contributed by atoms with Crippen molar-refractivity contribution < 1.29 is 14.2 Å². The number of fused-ring (bicyclic) bond motifs is 1. The minimum absolute atomic E-state index is 0.0903. The van der Waals surface area contributed by atoms with Crippen molar-refractivity contribution >= 4 is 5.65 Å². The van der Waals surface area contributed by atoms with E-state index in [1.165, 1.54) is 7.11 Å². The average Bonchev–Trinajstić information content (AvgIpc) is 3.20. The van der Waals surface area contributed by atoms with Crippen LogP contribution in [0.4, 0.5) is 4.39 Å². The Morgan fingerprint density at radius 3 is 2.74 bits per heavy atom. The smallest absolute Gasteiger partial charge is 0.172 e. The van der Waals surface area contributed by atoms with Crippen LogP contribution in [0.25, 0.3) is 16.8 Å². The normalized spacial score (nSPS) is 11.2. The third kappa shape index (κ3) is 4.15. The van der Waals surface area contributed by atoms with E-state index >= 15 is 0 Å². The number of methoxy groups -OCH3 is 1. The number of rotatable bonds is 8. The second-order valence-electron chi connectivity index (χ2n) is 7.31. The van der Waals surface area contributed by atoms with Crippen molar-refractivity contribution in [3.05, 3.63) is 83.3 Å². The van der Waals surface area contributed by atoms with Gasteiger partial charge in [0.25, 0.3) is 0 Å². The van der Waals surface area contributed by atoms with Gasteiger partial charge < -0.3 is 15.2 Å². The molecule has 0 fully saturated rings. The van der Waals surface area contributed by atoms with Gasteiger partial charge in [-0.2, -0.15) is 0 Å². The molecule has 0 saturated heterocycles. The molecular formula is C24H25FN4O2. The Hall–Kier alpha value is -3.29. The van der Waals surface area contributed by atoms with E-state index < -0.39 is 0 Å². The van der Waals surface area contributed by atoms with E-state index in [0.29, 0.717) is 25.1 Å². The van der Waals surface area contributed by atoms with Gasteiger partial charge in [0.2, 0.25) is 0 Å². The number of aliphatic hydroxyl groups excluding tert-OH is 1. The Morgan fingerprint density at radius 2 is 1.94 bits per heavy atom. The third-order valence-electron chi connectivity index (χ3n) is 5.45. The zero-order chi connectivity index (χ0) is 21.8. The maximum Gasteiger partial charge on any atom is 0.172 e. The highest BCUT2D eigenvalue weighted by atomic mass is 19.1. The highest BCUT2D eigenvalue weighted by Gasteiger charge is 2.16. The van der Waals surface area contributed by atoms with Crippen LogP contribution < -0.4 is 10.1 Å². The molecule has 2 aromatic carbocycles. The van der Waals surface area contributed by atoms with E-state index in [4.69, 9.17) is 9.84 Å². The lowest BCUT2D eigenvalue weighted by molar-refractivity contribution is 0.291. The van der Waals surface area contributed by atoms with E-state index in [-0.39, 0.29) is 18.2 Å². The minimum atomic E-state index is -0.362. The van der Waals surface area contributed by atoms with Gasteiger partial charge >= 0.3 is 0 Å². The second-order valence-corrected chi connectivity index (χ2v) is 7.31. The summed E-state index contributed by atoms with van der Waals surface area (Å²) >= 11 is 0. The predicted octanol–water partition coefficient (Wildman–Crippen LogP) is 3.53. The standard InChI is InChI=1S/C24H25FN4O2/c1-16-17(5-3-6-19(16)20-7-4-8-22(31-2)23(20)25)13-21-24-28-15-18(14-26-10-12-30)29(24)11-9-27-21/h3-9,11,15,26,30H,10,12-14H2,1-2H3. The molecule has 0 bridgehead atoms. The average molecular weight is 420 g/mol. The highest BCUT2D eigenvalue weighted by molar-refractivity contribution is 5.71. The Labute approximate surface area is 180 Å². The number of nitrogens with one attached hydrogen (secondary N) is 1. The summed E-state index contributed by atoms with van der Waals surface area (Å²) in [5.74, 6) is -0.132. The first-order valence-corrected chi connectivity index (χ1v) is 10.2. The summed E-state index contributed by atoms with van der Waals surface area (Å²) in [6.45, 7) is 3.22. The molecule has 2 aromatic heterocycles. The number of hydrogen-bond acceptors (Lipinski definition) is 5. The van der Waals surface area contributed by atoms with Gasteiger partial charge in [0.15, 0.2) is 17.2 Å². The van der Waals surface area contributed by atoms with E-state index in [9.17, 15) is 4.39 Å². The van der Waals surface area contributed by atoms with Crippen LogP contribution >= 0.6 is 0 Å². The molecule has 2 heterocycles. The van der Waals surface area contributed by atoms with Crippen LogP contribution in [0.2, 0.25) is 0 Å². The highest BCUT2D eigenvalue weighted by Crippen LogP contribution is 2.33. The van der Waals surface area contributed by atoms with Gasteiger partial charge in [-0.05, 0) is 29.7 Å². The number of aliphatic hydroxyl groups is 1. The fourth-order valence-electron chi connectivity index (χ4n) is 3.80. The van der Waals surface area contributed by atoms with Crippen LogP contribution in [0.3, 0.4) is 0 Å². The molecule has 0 saturated carbocycles. The summed E-state index contributed by atoms with van der Waals surface area (Å²) in [6, 6.07) is 11.1. The van der Waals surface area contributed by atoms with Crippen molar-refractivity contribution in [2.45, 2.75) is 19.9 Å². The Morgan fingerprint density at radius 1 is 1.13 bits per heavy atom. The van der Waals surface area contributed by atoms with Crippen LogP contribution in [0.1, 0.15) is 22.5 Å². The van der Waals surface area contributed by atoms with E-state index in [1.54, 1.807) is 24.4 Å². The van der Waals surface area contributed by atoms with Gasteiger partial charge in [0.05, 0.1) is 31.3 Å². The topological polar surface area (TPSA) is 71.7 Å². The summed E-state index contributed by atoms with van der Waals surface area (Å²) in [4.78, 5) is 9.12. The van der Waals surface area contributed by atoms with Gasteiger partial charge in [-0.1, -0.05) is 30.3 Å². The molecule has 0 spiro atoms. The molecule has 0 radical (unpaired) electrons. The van der Waals surface area contributed by atoms with Gasteiger partial charge in [0.1, 0.15) is 0 Å². The maximum atomic E-state index is 14.9. The van der Waals surface area contributed by atoms with Crippen LogP contribution in [0.5, 0.6) is 5.75 Å². The summed E-state index contributed by atoms with van der Waals surface area (Å²) in [5, 5.41) is 12.1. The molecule has 0 unspecified atom stereocenters. The van der Waals surface area contributed by atoms with E-state index in [1.807, 2.05) is 41.9 Å². The molecule has 4 aromatic rings. The van der Waals surface area contributed by atoms with Gasteiger partial charge in [-0.25, -0.2) is 9.37 Å². The molecule has 0 aliphatic carbocycles. The molecular weight excluding hydrogens is 395 g/mol. The first-order valence-electron chi connectivity index (χ1n) is 10.2. The van der Waals surface area contributed by atoms with Crippen molar-refractivity contribution in [2.24, 2.45) is 0 Å². The number of aromatic nitrogens is 3. The first kappa shape index (κ1) is 21.0. The largest absolute Gasteiger partial charge is 0.494 e. The molecule has 6 nitrogen and oxygen atoms in total.